The first kappa shape index (κ1) is 10.1. The molecule has 0 heterocycles. The average Bonchev–Trinajstić information content (AvgIpc) is 2.16. The summed E-state index contributed by atoms with van der Waals surface area (Å²) in [6, 6.07) is 5.35. The molecule has 0 atom stereocenters. The minimum atomic E-state index is 0.0196. The second kappa shape index (κ2) is 4.90. The lowest BCUT2D eigenvalue weighted by Gasteiger charge is -2.04. The van der Waals surface area contributed by atoms with Crippen molar-refractivity contribution in [2.24, 2.45) is 0 Å². The Balaban J connectivity index is 2.99. The van der Waals surface area contributed by atoms with Crippen LogP contribution in [0.25, 0.3) is 6.08 Å². The predicted octanol–water partition coefficient (Wildman–Crippen LogP) is 2.35. The molecule has 0 spiro atoms. The summed E-state index contributed by atoms with van der Waals surface area (Å²) in [6.07, 6.45) is 3.43. The molecule has 0 fully saturated rings. The average molecular weight is 199 g/mol. The minimum Gasteiger partial charge on any atom is -0.496 e. The summed E-state index contributed by atoms with van der Waals surface area (Å²) >= 11 is 5.78. The van der Waals surface area contributed by atoms with Gasteiger partial charge in [-0.3, -0.25) is 0 Å². The van der Waals surface area contributed by atoms with Crippen LogP contribution in [0.3, 0.4) is 0 Å². The Morgan fingerprint density at radius 1 is 1.54 bits per heavy atom. The monoisotopic (exact) mass is 198 g/mol. The molecule has 0 unspecified atom stereocenters. The zero-order valence-corrected chi connectivity index (χ0v) is 8.08. The number of aliphatic hydroxyl groups excluding tert-OH is 1. The van der Waals surface area contributed by atoms with Gasteiger partial charge in [0.15, 0.2) is 0 Å². The number of ether oxygens (including phenoxy) is 1. The van der Waals surface area contributed by atoms with Crippen molar-refractivity contribution in [2.75, 3.05) is 13.7 Å². The van der Waals surface area contributed by atoms with Gasteiger partial charge in [0.25, 0.3) is 0 Å². The van der Waals surface area contributed by atoms with Gasteiger partial charge in [-0.2, -0.15) is 0 Å². The van der Waals surface area contributed by atoms with E-state index < -0.39 is 0 Å². The molecule has 0 saturated carbocycles. The van der Waals surface area contributed by atoms with E-state index in [0.29, 0.717) is 10.8 Å². The number of halogens is 1. The van der Waals surface area contributed by atoms with E-state index in [1.54, 1.807) is 31.4 Å². The highest BCUT2D eigenvalue weighted by atomic mass is 35.5. The Hall–Kier alpha value is -0.990. The van der Waals surface area contributed by atoms with Crippen LogP contribution in [0.4, 0.5) is 0 Å². The molecule has 0 aliphatic carbocycles. The van der Waals surface area contributed by atoms with Crippen LogP contribution in [0.15, 0.2) is 24.3 Å². The van der Waals surface area contributed by atoms with Gasteiger partial charge in [0.1, 0.15) is 5.75 Å². The number of hydrogen-bond acceptors (Lipinski definition) is 2. The first-order valence-corrected chi connectivity index (χ1v) is 4.26. The molecular formula is C10H11ClO2. The summed E-state index contributed by atoms with van der Waals surface area (Å²) in [4.78, 5) is 0. The third-order valence-corrected chi connectivity index (χ3v) is 1.83. The zero-order chi connectivity index (χ0) is 9.68. The lowest BCUT2D eigenvalue weighted by molar-refractivity contribution is 0.343. The molecule has 0 aromatic heterocycles. The van der Waals surface area contributed by atoms with Gasteiger partial charge in [0.05, 0.1) is 13.7 Å². The van der Waals surface area contributed by atoms with Crippen molar-refractivity contribution in [1.82, 2.24) is 0 Å². The number of aliphatic hydroxyl groups is 1. The predicted molar refractivity (Wildman–Crippen MR) is 54.1 cm³/mol. The minimum absolute atomic E-state index is 0.0196. The van der Waals surface area contributed by atoms with E-state index in [0.717, 1.165) is 5.56 Å². The molecule has 3 heteroatoms. The molecular weight excluding hydrogens is 188 g/mol. The first-order valence-electron chi connectivity index (χ1n) is 3.89. The van der Waals surface area contributed by atoms with E-state index in [1.165, 1.54) is 0 Å². The molecule has 0 radical (unpaired) electrons. The van der Waals surface area contributed by atoms with Gasteiger partial charge in [-0.1, -0.05) is 23.8 Å². The highest BCUT2D eigenvalue weighted by Gasteiger charge is 1.99. The van der Waals surface area contributed by atoms with Crippen LogP contribution >= 0.6 is 11.6 Å². The first-order chi connectivity index (χ1) is 6.27. The standard InChI is InChI=1S/C10H11ClO2/c1-13-10-7-9(11)5-4-8(10)3-2-6-12/h2-5,7,12H,6H2,1H3/b3-2+. The van der Waals surface area contributed by atoms with Crippen molar-refractivity contribution < 1.29 is 9.84 Å². The SMILES string of the molecule is COc1cc(Cl)ccc1/C=C/CO. The molecule has 1 aromatic rings. The highest BCUT2D eigenvalue weighted by molar-refractivity contribution is 6.30. The molecule has 1 aromatic carbocycles. The molecule has 0 bridgehead atoms. The van der Waals surface area contributed by atoms with E-state index in [2.05, 4.69) is 0 Å². The molecule has 1 N–H and O–H groups in total. The number of benzene rings is 1. The third-order valence-electron chi connectivity index (χ3n) is 1.60. The Morgan fingerprint density at radius 3 is 2.92 bits per heavy atom. The maximum absolute atomic E-state index is 8.59. The fourth-order valence-electron chi connectivity index (χ4n) is 1.00. The summed E-state index contributed by atoms with van der Waals surface area (Å²) in [5.74, 6) is 0.706. The van der Waals surface area contributed by atoms with Crippen LogP contribution in [0.2, 0.25) is 5.02 Å². The Morgan fingerprint density at radius 2 is 2.31 bits per heavy atom. The van der Waals surface area contributed by atoms with Crippen LogP contribution in [-0.4, -0.2) is 18.8 Å². The van der Waals surface area contributed by atoms with Crippen molar-refractivity contribution in [1.29, 1.82) is 0 Å². The smallest absolute Gasteiger partial charge is 0.127 e. The lowest BCUT2D eigenvalue weighted by atomic mass is 10.2. The second-order valence-electron chi connectivity index (χ2n) is 2.47. The Kier molecular flexibility index (Phi) is 3.80. The summed E-state index contributed by atoms with van der Waals surface area (Å²) in [6.45, 7) is 0.0196. The summed E-state index contributed by atoms with van der Waals surface area (Å²) < 4.78 is 5.11. The van der Waals surface area contributed by atoms with Crippen molar-refractivity contribution in [3.8, 4) is 5.75 Å². The highest BCUT2D eigenvalue weighted by Crippen LogP contribution is 2.23. The molecule has 70 valence electrons. The van der Waals surface area contributed by atoms with E-state index in [4.69, 9.17) is 21.4 Å². The van der Waals surface area contributed by atoms with Crippen molar-refractivity contribution >= 4 is 17.7 Å². The zero-order valence-electron chi connectivity index (χ0n) is 7.33. The van der Waals surface area contributed by atoms with Gasteiger partial charge < -0.3 is 9.84 Å². The third kappa shape index (κ3) is 2.76. The van der Waals surface area contributed by atoms with E-state index in [-0.39, 0.29) is 6.61 Å². The van der Waals surface area contributed by atoms with Gasteiger partial charge in [-0.15, -0.1) is 0 Å². The van der Waals surface area contributed by atoms with Crippen LogP contribution in [0, 0.1) is 0 Å². The maximum Gasteiger partial charge on any atom is 0.127 e. The Bertz CT molecular complexity index is 308. The topological polar surface area (TPSA) is 29.5 Å². The van der Waals surface area contributed by atoms with Gasteiger partial charge in [0.2, 0.25) is 0 Å². The summed E-state index contributed by atoms with van der Waals surface area (Å²) in [5, 5.41) is 9.23. The second-order valence-corrected chi connectivity index (χ2v) is 2.91. The number of rotatable bonds is 3. The van der Waals surface area contributed by atoms with E-state index in [9.17, 15) is 0 Å². The van der Waals surface area contributed by atoms with Crippen LogP contribution < -0.4 is 4.74 Å². The van der Waals surface area contributed by atoms with Gasteiger partial charge in [-0.25, -0.2) is 0 Å². The number of methoxy groups -OCH3 is 1. The number of hydrogen-bond donors (Lipinski definition) is 1. The molecule has 13 heavy (non-hydrogen) atoms. The normalized spacial score (nSPS) is 10.7. The molecule has 2 nitrogen and oxygen atoms in total. The molecule has 0 saturated heterocycles. The molecule has 0 amide bonds. The van der Waals surface area contributed by atoms with Gasteiger partial charge in [0, 0.05) is 10.6 Å². The summed E-state index contributed by atoms with van der Waals surface area (Å²) in [5.41, 5.74) is 0.904. The van der Waals surface area contributed by atoms with E-state index in [1.807, 2.05) is 6.07 Å². The largest absolute Gasteiger partial charge is 0.496 e. The maximum atomic E-state index is 8.59. The fraction of sp³-hybridized carbons (Fsp3) is 0.200. The quantitative estimate of drug-likeness (QED) is 0.808. The van der Waals surface area contributed by atoms with Gasteiger partial charge >= 0.3 is 0 Å². The van der Waals surface area contributed by atoms with Crippen LogP contribution in [0.1, 0.15) is 5.56 Å². The summed E-state index contributed by atoms with van der Waals surface area (Å²) in [7, 11) is 1.59. The van der Waals surface area contributed by atoms with Crippen LogP contribution in [-0.2, 0) is 0 Å². The van der Waals surface area contributed by atoms with Gasteiger partial charge in [-0.05, 0) is 18.2 Å². The fourth-order valence-corrected chi connectivity index (χ4v) is 1.16. The van der Waals surface area contributed by atoms with Crippen LogP contribution in [0.5, 0.6) is 5.75 Å². The van der Waals surface area contributed by atoms with E-state index >= 15 is 0 Å². The lowest BCUT2D eigenvalue weighted by Crippen LogP contribution is -1.86. The van der Waals surface area contributed by atoms with Crippen molar-refractivity contribution in [3.63, 3.8) is 0 Å². The Labute approximate surface area is 82.4 Å². The molecule has 1 rings (SSSR count). The van der Waals surface area contributed by atoms with Crippen molar-refractivity contribution in [2.45, 2.75) is 0 Å². The molecule has 0 aliphatic heterocycles. The van der Waals surface area contributed by atoms with Crippen molar-refractivity contribution in [3.05, 3.63) is 34.9 Å². The molecule has 0 aliphatic rings.